The molecule has 1 fully saturated rings. The number of benzene rings is 2. The summed E-state index contributed by atoms with van der Waals surface area (Å²) in [4.78, 5) is 41.9. The van der Waals surface area contributed by atoms with Gasteiger partial charge in [0.05, 0.1) is 33.9 Å². The van der Waals surface area contributed by atoms with Crippen molar-refractivity contribution in [2.45, 2.75) is 85.0 Å². The summed E-state index contributed by atoms with van der Waals surface area (Å²) < 4.78 is 12.7. The summed E-state index contributed by atoms with van der Waals surface area (Å²) in [5.74, 6) is -1.41. The van der Waals surface area contributed by atoms with Gasteiger partial charge >= 0.3 is 5.97 Å². The summed E-state index contributed by atoms with van der Waals surface area (Å²) in [6.07, 6.45) is -0.431. The summed E-state index contributed by atoms with van der Waals surface area (Å²) in [6, 6.07) is 15.8. The Hall–Kier alpha value is -2.95. The molecule has 1 aliphatic heterocycles. The van der Waals surface area contributed by atoms with E-state index in [1.54, 1.807) is 69.3 Å². The highest BCUT2D eigenvalue weighted by Crippen LogP contribution is 2.46. The van der Waals surface area contributed by atoms with Crippen LogP contribution in [0.3, 0.4) is 0 Å². The lowest BCUT2D eigenvalue weighted by molar-refractivity contribution is -0.157. The van der Waals surface area contributed by atoms with E-state index in [2.05, 4.69) is 39.9 Å². The SMILES string of the molecule is CCS[C@@H]1[C@@H]([C@@H](C)O[Si](C)(C)C(C)(C)C)C(=O)N1C(C(=O)O)=C(Oc1ccc(C(=S)c2ccc(C#N)cc2)cc1)SC(=O)C(C)(C)C. The van der Waals surface area contributed by atoms with E-state index in [1.165, 1.54) is 16.7 Å². The molecule has 3 atom stereocenters. The van der Waals surface area contributed by atoms with E-state index >= 15 is 0 Å². The normalized spacial score (nSPS) is 18.1. The molecule has 1 heterocycles. The molecule has 0 saturated carbocycles. The predicted octanol–water partition coefficient (Wildman–Crippen LogP) is 8.21. The molecule has 0 radical (unpaired) electrons. The van der Waals surface area contributed by atoms with Gasteiger partial charge in [-0.1, -0.05) is 72.8 Å². The lowest BCUT2D eigenvalue weighted by atomic mass is 9.92. The van der Waals surface area contributed by atoms with Crippen LogP contribution < -0.4 is 4.74 Å². The molecule has 1 saturated heterocycles. The molecular formula is C35H44N2O6S3Si. The maximum absolute atomic E-state index is 13.9. The van der Waals surface area contributed by atoms with Gasteiger partial charge in [-0.3, -0.25) is 14.5 Å². The quantitative estimate of drug-likeness (QED) is 0.0576. The first kappa shape index (κ1) is 38.5. The lowest BCUT2D eigenvalue weighted by Crippen LogP contribution is -2.64. The van der Waals surface area contributed by atoms with Crippen molar-refractivity contribution in [1.29, 1.82) is 5.26 Å². The number of carboxylic acids is 1. The third kappa shape index (κ3) is 8.94. The minimum atomic E-state index is -2.22. The Morgan fingerprint density at radius 2 is 1.57 bits per heavy atom. The van der Waals surface area contributed by atoms with Crippen LogP contribution in [0.5, 0.6) is 5.75 Å². The lowest BCUT2D eigenvalue weighted by Gasteiger charge is -2.50. The molecule has 1 aliphatic rings. The summed E-state index contributed by atoms with van der Waals surface area (Å²) in [5.41, 5.74) is 0.821. The Bertz CT molecular complexity index is 1590. The number of thiocarbonyl (C=S) groups is 1. The molecule has 0 bridgehead atoms. The predicted molar refractivity (Wildman–Crippen MR) is 196 cm³/mol. The number of nitriles is 1. The molecule has 2 aromatic rings. The molecule has 0 aromatic heterocycles. The van der Waals surface area contributed by atoms with Crippen LogP contribution in [0.25, 0.3) is 0 Å². The maximum atomic E-state index is 13.9. The first-order chi connectivity index (χ1) is 21.7. The molecule has 1 N–H and O–H groups in total. The van der Waals surface area contributed by atoms with Crippen LogP contribution in [0, 0.1) is 22.7 Å². The Morgan fingerprint density at radius 3 is 2.02 bits per heavy atom. The molecule has 3 rings (SSSR count). The number of ether oxygens (including phenoxy) is 1. The summed E-state index contributed by atoms with van der Waals surface area (Å²) in [5, 5.41) is 18.5. The fraction of sp³-hybridized carbons (Fsp3) is 0.457. The van der Waals surface area contributed by atoms with Gasteiger partial charge in [0.25, 0.3) is 0 Å². The molecule has 8 nitrogen and oxygen atoms in total. The van der Waals surface area contributed by atoms with Crippen molar-refractivity contribution in [3.63, 3.8) is 0 Å². The first-order valence-corrected chi connectivity index (χ1v) is 20.6. The van der Waals surface area contributed by atoms with Crippen LogP contribution in [0.2, 0.25) is 18.1 Å². The van der Waals surface area contributed by atoms with Crippen molar-refractivity contribution in [3.8, 4) is 11.8 Å². The average molecular weight is 713 g/mol. The van der Waals surface area contributed by atoms with Gasteiger partial charge in [0.2, 0.25) is 11.0 Å². The van der Waals surface area contributed by atoms with Gasteiger partial charge in [0.1, 0.15) is 5.75 Å². The van der Waals surface area contributed by atoms with Crippen LogP contribution in [0.4, 0.5) is 0 Å². The van der Waals surface area contributed by atoms with Crippen LogP contribution in [0.15, 0.2) is 59.3 Å². The fourth-order valence-electron chi connectivity index (χ4n) is 4.51. The van der Waals surface area contributed by atoms with Crippen LogP contribution in [0.1, 0.15) is 72.1 Å². The topological polar surface area (TPSA) is 117 Å². The zero-order chi connectivity index (χ0) is 35.5. The number of nitrogens with zero attached hydrogens (tertiary/aromatic N) is 2. The third-order valence-corrected chi connectivity index (χ3v) is 15.7. The van der Waals surface area contributed by atoms with Gasteiger partial charge in [-0.25, -0.2) is 4.79 Å². The van der Waals surface area contributed by atoms with Crippen LogP contribution >= 0.6 is 35.7 Å². The molecule has 0 aliphatic carbocycles. The summed E-state index contributed by atoms with van der Waals surface area (Å²) >= 11 is 7.79. The number of carbonyl (C=O) groups is 3. The highest BCUT2D eigenvalue weighted by Gasteiger charge is 2.56. The molecule has 47 heavy (non-hydrogen) atoms. The number of amides is 1. The standard InChI is InChI=1S/C35H44N2O6S3Si/c1-11-45-30-26(21(2)43-47(9,10)35(6,7)8)29(38)37(30)27(31(39)40)32(46-33(41)34(3,4)5)42-25-18-16-24(17-19-25)28(44)23-14-12-22(20-36)13-15-23/h12-19,21,26,30H,11H2,1-10H3,(H,39,40)/t21-,26+,30-/m1/s1. The van der Waals surface area contributed by atoms with E-state index in [9.17, 15) is 19.5 Å². The second-order valence-electron chi connectivity index (χ2n) is 13.9. The molecule has 252 valence electrons. The number of aliphatic carboxylic acids is 1. The third-order valence-electron chi connectivity index (χ3n) is 8.25. The zero-order valence-electron chi connectivity index (χ0n) is 28.7. The van der Waals surface area contributed by atoms with E-state index < -0.39 is 37.1 Å². The van der Waals surface area contributed by atoms with Crippen LogP contribution in [-0.4, -0.2) is 57.4 Å². The Morgan fingerprint density at radius 1 is 1.04 bits per heavy atom. The van der Waals surface area contributed by atoms with Gasteiger partial charge in [-0.2, -0.15) is 5.26 Å². The number of β-lactam (4-membered cyclic amide) rings is 1. The van der Waals surface area contributed by atoms with Gasteiger partial charge in [0.15, 0.2) is 19.1 Å². The second kappa shape index (κ2) is 15.1. The average Bonchev–Trinajstić information content (AvgIpc) is 2.97. The molecule has 0 spiro atoms. The first-order valence-electron chi connectivity index (χ1n) is 15.4. The monoisotopic (exact) mass is 712 g/mol. The summed E-state index contributed by atoms with van der Waals surface area (Å²) in [7, 11) is -2.22. The largest absolute Gasteiger partial charge is 0.476 e. The van der Waals surface area contributed by atoms with E-state index in [-0.39, 0.29) is 32.6 Å². The second-order valence-corrected chi connectivity index (χ2v) is 21.4. The number of hydrogen-bond acceptors (Lipinski definition) is 9. The molecule has 12 heteroatoms. The smallest absolute Gasteiger partial charge is 0.357 e. The van der Waals surface area contributed by atoms with Gasteiger partial charge in [-0.05, 0) is 90.1 Å². The van der Waals surface area contributed by atoms with Crippen molar-refractivity contribution >= 4 is 65.9 Å². The Balaban J connectivity index is 2.02. The number of thioether (sulfide) groups is 2. The number of carboxylic acid groups (broad SMARTS) is 1. The molecular weight excluding hydrogens is 669 g/mol. The number of rotatable bonds is 12. The number of carbonyl (C=O) groups excluding carboxylic acids is 2. The molecule has 0 unspecified atom stereocenters. The zero-order valence-corrected chi connectivity index (χ0v) is 32.1. The Labute approximate surface area is 293 Å². The van der Waals surface area contributed by atoms with E-state index in [1.807, 2.05) is 13.8 Å². The van der Waals surface area contributed by atoms with Gasteiger partial charge in [-0.15, -0.1) is 11.8 Å². The minimum absolute atomic E-state index is 0.0699. The van der Waals surface area contributed by atoms with E-state index in [0.717, 1.165) is 11.1 Å². The number of likely N-dealkylation sites (tertiary alicyclic amines) is 1. The Kier molecular flexibility index (Phi) is 12.3. The van der Waals surface area contributed by atoms with Crippen molar-refractivity contribution in [1.82, 2.24) is 4.90 Å². The van der Waals surface area contributed by atoms with Crippen LogP contribution in [-0.2, 0) is 18.8 Å². The van der Waals surface area contributed by atoms with Gasteiger partial charge < -0.3 is 14.3 Å². The van der Waals surface area contributed by atoms with Gasteiger partial charge in [0, 0.05) is 5.41 Å². The number of hydrogen-bond donors (Lipinski definition) is 1. The molecule has 2 aromatic carbocycles. The van der Waals surface area contributed by atoms with Crippen molar-refractivity contribution in [2.24, 2.45) is 11.3 Å². The van der Waals surface area contributed by atoms with Crippen molar-refractivity contribution in [3.05, 3.63) is 76.0 Å². The van der Waals surface area contributed by atoms with E-state index in [0.29, 0.717) is 27.9 Å². The van der Waals surface area contributed by atoms with Crippen molar-refractivity contribution in [2.75, 3.05) is 5.75 Å². The summed E-state index contributed by atoms with van der Waals surface area (Å²) in [6.45, 7) is 19.7. The van der Waals surface area contributed by atoms with E-state index in [4.69, 9.17) is 26.6 Å². The maximum Gasteiger partial charge on any atom is 0.357 e. The highest BCUT2D eigenvalue weighted by atomic mass is 32.2. The fourth-order valence-corrected chi connectivity index (χ4v) is 8.35. The van der Waals surface area contributed by atoms with Crippen molar-refractivity contribution < 1.29 is 28.7 Å². The highest BCUT2D eigenvalue weighted by molar-refractivity contribution is 8.16. The minimum Gasteiger partial charge on any atom is -0.476 e. The molecule has 1 amide bonds.